The molecule has 2 heterocycles. The van der Waals surface area contributed by atoms with Crippen molar-refractivity contribution in [3.8, 4) is 0 Å². The van der Waals surface area contributed by atoms with Gasteiger partial charge in [0, 0.05) is 24.4 Å². The van der Waals surface area contributed by atoms with Crippen LogP contribution in [0.5, 0.6) is 0 Å². The predicted octanol–water partition coefficient (Wildman–Crippen LogP) is 3.85. The van der Waals surface area contributed by atoms with Crippen LogP contribution in [0.1, 0.15) is 49.4 Å². The maximum Gasteiger partial charge on any atom is 0.226 e. The third kappa shape index (κ3) is 3.14. The van der Waals surface area contributed by atoms with Gasteiger partial charge in [-0.1, -0.05) is 26.0 Å². The fraction of sp³-hybridized carbons (Fsp3) is 0.444. The van der Waals surface area contributed by atoms with Gasteiger partial charge in [-0.25, -0.2) is 9.07 Å². The van der Waals surface area contributed by atoms with Gasteiger partial charge in [-0.05, 0) is 37.0 Å². The molecule has 3 rings (SSSR count). The Morgan fingerprint density at radius 2 is 2.22 bits per heavy atom. The Kier molecular flexibility index (Phi) is 4.20. The lowest BCUT2D eigenvalue weighted by Crippen LogP contribution is -2.25. The number of amides is 1. The highest BCUT2D eigenvalue weighted by Gasteiger charge is 2.32. The lowest BCUT2D eigenvalue weighted by atomic mass is 9.86. The molecule has 1 N–H and O–H groups in total. The Labute approximate surface area is 135 Å². The van der Waals surface area contributed by atoms with Crippen LogP contribution in [0, 0.1) is 18.7 Å². The molecule has 0 saturated carbocycles. The molecule has 1 aliphatic rings. The van der Waals surface area contributed by atoms with E-state index in [0.29, 0.717) is 12.3 Å². The van der Waals surface area contributed by atoms with Gasteiger partial charge in [0.1, 0.15) is 11.6 Å². The lowest BCUT2D eigenvalue weighted by Gasteiger charge is -2.24. The molecule has 1 aliphatic heterocycles. The smallest absolute Gasteiger partial charge is 0.226 e. The van der Waals surface area contributed by atoms with Crippen LogP contribution in [0.4, 0.5) is 10.2 Å². The van der Waals surface area contributed by atoms with Gasteiger partial charge in [0.15, 0.2) is 0 Å². The van der Waals surface area contributed by atoms with E-state index in [1.807, 2.05) is 17.7 Å². The predicted molar refractivity (Wildman–Crippen MR) is 87.9 cm³/mol. The van der Waals surface area contributed by atoms with E-state index in [1.165, 1.54) is 12.1 Å². The van der Waals surface area contributed by atoms with E-state index >= 15 is 0 Å². The number of rotatable bonds is 4. The van der Waals surface area contributed by atoms with Crippen LogP contribution < -0.4 is 5.32 Å². The van der Waals surface area contributed by atoms with Crippen molar-refractivity contribution in [3.05, 3.63) is 46.9 Å². The number of aryl methyl sites for hydroxylation is 2. The van der Waals surface area contributed by atoms with Gasteiger partial charge in [0.05, 0.1) is 5.69 Å². The molecule has 1 aromatic heterocycles. The zero-order valence-electron chi connectivity index (χ0n) is 13.8. The third-order valence-corrected chi connectivity index (χ3v) is 4.34. The SMILES string of the molecule is Cc1nn(CCC(C)C)c2c1C(c1cccc(F)c1)CC(=O)N2. The Balaban J connectivity index is 2.02. The molecular formula is C18H22FN3O. The average molecular weight is 315 g/mol. The molecule has 23 heavy (non-hydrogen) atoms. The molecule has 1 unspecified atom stereocenters. The molecule has 0 radical (unpaired) electrons. The molecule has 0 saturated heterocycles. The van der Waals surface area contributed by atoms with Crippen LogP contribution in [0.25, 0.3) is 0 Å². The van der Waals surface area contributed by atoms with Crippen LogP contribution in [-0.2, 0) is 11.3 Å². The zero-order valence-corrected chi connectivity index (χ0v) is 13.8. The summed E-state index contributed by atoms with van der Waals surface area (Å²) in [6, 6.07) is 6.50. The zero-order chi connectivity index (χ0) is 16.6. The summed E-state index contributed by atoms with van der Waals surface area (Å²) in [4.78, 5) is 12.1. The van der Waals surface area contributed by atoms with Crippen molar-refractivity contribution in [2.45, 2.75) is 46.1 Å². The second kappa shape index (κ2) is 6.14. The maximum atomic E-state index is 13.6. The molecular weight excluding hydrogens is 293 g/mol. The van der Waals surface area contributed by atoms with Gasteiger partial charge in [-0.3, -0.25) is 4.79 Å². The van der Waals surface area contributed by atoms with Crippen molar-refractivity contribution < 1.29 is 9.18 Å². The summed E-state index contributed by atoms with van der Waals surface area (Å²) >= 11 is 0. The minimum Gasteiger partial charge on any atom is -0.311 e. The first-order valence-electron chi connectivity index (χ1n) is 8.08. The van der Waals surface area contributed by atoms with Crippen molar-refractivity contribution in [1.29, 1.82) is 0 Å². The van der Waals surface area contributed by atoms with Crippen molar-refractivity contribution in [2.24, 2.45) is 5.92 Å². The Hall–Kier alpha value is -2.17. The average Bonchev–Trinajstić information content (AvgIpc) is 2.80. The van der Waals surface area contributed by atoms with Gasteiger partial charge in [0.25, 0.3) is 0 Å². The van der Waals surface area contributed by atoms with Crippen molar-refractivity contribution in [2.75, 3.05) is 5.32 Å². The highest BCUT2D eigenvalue weighted by molar-refractivity contribution is 5.94. The van der Waals surface area contributed by atoms with E-state index in [2.05, 4.69) is 24.3 Å². The molecule has 0 bridgehead atoms. The van der Waals surface area contributed by atoms with E-state index in [0.717, 1.165) is 35.6 Å². The largest absolute Gasteiger partial charge is 0.311 e. The Morgan fingerprint density at radius 3 is 2.91 bits per heavy atom. The second-order valence-corrected chi connectivity index (χ2v) is 6.61. The molecule has 5 heteroatoms. The summed E-state index contributed by atoms with van der Waals surface area (Å²) in [6.07, 6.45) is 1.32. The molecule has 122 valence electrons. The molecule has 0 fully saturated rings. The number of hydrogen-bond donors (Lipinski definition) is 1. The summed E-state index contributed by atoms with van der Waals surface area (Å²) in [5, 5.41) is 7.56. The summed E-state index contributed by atoms with van der Waals surface area (Å²) in [5.41, 5.74) is 2.74. The third-order valence-electron chi connectivity index (χ3n) is 4.34. The van der Waals surface area contributed by atoms with Crippen LogP contribution in [0.2, 0.25) is 0 Å². The lowest BCUT2D eigenvalue weighted by molar-refractivity contribution is -0.116. The number of nitrogens with one attached hydrogen (secondary N) is 1. The fourth-order valence-electron chi connectivity index (χ4n) is 3.17. The number of aromatic nitrogens is 2. The van der Waals surface area contributed by atoms with Gasteiger partial charge in [-0.2, -0.15) is 5.10 Å². The van der Waals surface area contributed by atoms with Crippen LogP contribution in [-0.4, -0.2) is 15.7 Å². The first-order chi connectivity index (χ1) is 11.0. The molecule has 1 atom stereocenters. The number of halogens is 1. The summed E-state index contributed by atoms with van der Waals surface area (Å²) in [5.74, 6) is 0.877. The van der Waals surface area contributed by atoms with Crippen LogP contribution in [0.15, 0.2) is 24.3 Å². The standard InChI is InChI=1S/C18H22FN3O/c1-11(2)7-8-22-18-17(12(3)21-22)15(10-16(23)20-18)13-5-4-6-14(19)9-13/h4-6,9,11,15H,7-8,10H2,1-3H3,(H,20,23). The molecule has 1 aromatic carbocycles. The molecule has 2 aromatic rings. The van der Waals surface area contributed by atoms with E-state index < -0.39 is 0 Å². The highest BCUT2D eigenvalue weighted by Crippen LogP contribution is 2.39. The summed E-state index contributed by atoms with van der Waals surface area (Å²) in [6.45, 7) is 7.05. The number of benzene rings is 1. The van der Waals surface area contributed by atoms with E-state index in [9.17, 15) is 9.18 Å². The highest BCUT2D eigenvalue weighted by atomic mass is 19.1. The van der Waals surface area contributed by atoms with Gasteiger partial charge in [0.2, 0.25) is 5.91 Å². The summed E-state index contributed by atoms with van der Waals surface area (Å²) < 4.78 is 15.5. The molecule has 1 amide bonds. The monoisotopic (exact) mass is 315 g/mol. The number of carbonyl (C=O) groups is 1. The summed E-state index contributed by atoms with van der Waals surface area (Å²) in [7, 11) is 0. The van der Waals surface area contributed by atoms with Crippen LogP contribution >= 0.6 is 0 Å². The van der Waals surface area contributed by atoms with Crippen molar-refractivity contribution >= 4 is 11.7 Å². The van der Waals surface area contributed by atoms with E-state index in [1.54, 1.807) is 6.07 Å². The Morgan fingerprint density at radius 1 is 1.43 bits per heavy atom. The number of carbonyl (C=O) groups excluding carboxylic acids is 1. The number of anilines is 1. The molecule has 0 aliphatic carbocycles. The minimum atomic E-state index is -0.278. The molecule has 0 spiro atoms. The number of nitrogens with zero attached hydrogens (tertiary/aromatic N) is 2. The topological polar surface area (TPSA) is 46.9 Å². The van der Waals surface area contributed by atoms with Crippen LogP contribution in [0.3, 0.4) is 0 Å². The van der Waals surface area contributed by atoms with Gasteiger partial charge < -0.3 is 5.32 Å². The quantitative estimate of drug-likeness (QED) is 0.931. The van der Waals surface area contributed by atoms with Crippen molar-refractivity contribution in [3.63, 3.8) is 0 Å². The van der Waals surface area contributed by atoms with E-state index in [4.69, 9.17) is 0 Å². The Bertz CT molecular complexity index is 736. The van der Waals surface area contributed by atoms with Crippen molar-refractivity contribution in [1.82, 2.24) is 9.78 Å². The minimum absolute atomic E-state index is 0.0440. The second-order valence-electron chi connectivity index (χ2n) is 6.61. The normalized spacial score (nSPS) is 17.3. The first kappa shape index (κ1) is 15.7. The van der Waals surface area contributed by atoms with E-state index in [-0.39, 0.29) is 17.6 Å². The van der Waals surface area contributed by atoms with Gasteiger partial charge >= 0.3 is 0 Å². The van der Waals surface area contributed by atoms with Gasteiger partial charge in [-0.15, -0.1) is 0 Å². The number of fused-ring (bicyclic) bond motifs is 1. The first-order valence-corrected chi connectivity index (χ1v) is 8.08. The maximum absolute atomic E-state index is 13.6. The fourth-order valence-corrected chi connectivity index (χ4v) is 3.17. The molecule has 4 nitrogen and oxygen atoms in total. The number of hydrogen-bond acceptors (Lipinski definition) is 2.